The van der Waals surface area contributed by atoms with E-state index in [1.807, 2.05) is 60.8 Å². The molecule has 0 aliphatic carbocycles. The van der Waals surface area contributed by atoms with Gasteiger partial charge < -0.3 is 10.1 Å². The highest BCUT2D eigenvalue weighted by molar-refractivity contribution is 7.98. The van der Waals surface area contributed by atoms with Gasteiger partial charge in [-0.1, -0.05) is 42.1 Å². The Morgan fingerprint density at radius 2 is 2.03 bits per heavy atom. The van der Waals surface area contributed by atoms with Crippen LogP contribution in [0.1, 0.15) is 29.1 Å². The molecule has 180 valence electrons. The number of thioether (sulfide) groups is 1. The van der Waals surface area contributed by atoms with Crippen LogP contribution >= 0.6 is 23.1 Å². The minimum atomic E-state index is -0.0885. The third-order valence-corrected chi connectivity index (χ3v) is 7.82. The molecule has 0 spiro atoms. The summed E-state index contributed by atoms with van der Waals surface area (Å²) in [6.07, 6.45) is 2.22. The summed E-state index contributed by atoms with van der Waals surface area (Å²) >= 11 is 2.96. The van der Waals surface area contributed by atoms with Crippen molar-refractivity contribution < 1.29 is 9.53 Å². The van der Waals surface area contributed by atoms with Gasteiger partial charge in [-0.25, -0.2) is 9.97 Å². The molecule has 0 saturated carbocycles. The molecule has 2 aromatic heterocycles. The Labute approximate surface area is 211 Å². The number of nitrogens with one attached hydrogen (secondary N) is 1. The predicted octanol–water partition coefficient (Wildman–Crippen LogP) is 4.81. The number of para-hydroxylation sites is 2. The number of carbonyl (C=O) groups is 1. The number of nitrogens with zero attached hydrogens (tertiary/aromatic N) is 3. The van der Waals surface area contributed by atoms with E-state index in [1.54, 1.807) is 4.57 Å². The highest BCUT2D eigenvalue weighted by Gasteiger charge is 2.20. The van der Waals surface area contributed by atoms with E-state index in [4.69, 9.17) is 9.72 Å². The first-order valence-corrected chi connectivity index (χ1v) is 13.5. The van der Waals surface area contributed by atoms with Crippen molar-refractivity contribution in [2.45, 2.75) is 49.7 Å². The topological polar surface area (TPSA) is 86.1 Å². The average molecular weight is 507 g/mol. The number of amides is 1. The van der Waals surface area contributed by atoms with Gasteiger partial charge in [-0.3, -0.25) is 14.2 Å². The van der Waals surface area contributed by atoms with Crippen LogP contribution in [-0.2, 0) is 28.2 Å². The second-order valence-corrected chi connectivity index (χ2v) is 10.4. The average Bonchev–Trinajstić information content (AvgIpc) is 3.53. The van der Waals surface area contributed by atoms with Crippen LogP contribution in [0, 0.1) is 6.92 Å². The van der Waals surface area contributed by atoms with Gasteiger partial charge in [-0.05, 0) is 43.5 Å². The van der Waals surface area contributed by atoms with E-state index in [0.717, 1.165) is 41.4 Å². The van der Waals surface area contributed by atoms with Crippen LogP contribution < -0.4 is 10.9 Å². The Morgan fingerprint density at radius 1 is 1.20 bits per heavy atom. The minimum Gasteiger partial charge on any atom is -0.376 e. The third kappa shape index (κ3) is 5.63. The number of ether oxygens (including phenoxy) is 1. The number of benzene rings is 2. The van der Waals surface area contributed by atoms with E-state index in [9.17, 15) is 9.59 Å². The van der Waals surface area contributed by atoms with Gasteiger partial charge in [-0.2, -0.15) is 0 Å². The maximum Gasteiger partial charge on any atom is 0.262 e. The van der Waals surface area contributed by atoms with Crippen molar-refractivity contribution in [3.05, 3.63) is 80.5 Å². The lowest BCUT2D eigenvalue weighted by atomic mass is 10.2. The molecule has 0 radical (unpaired) electrons. The van der Waals surface area contributed by atoms with Crippen molar-refractivity contribution in [2.24, 2.45) is 0 Å². The van der Waals surface area contributed by atoms with E-state index in [1.165, 1.54) is 23.1 Å². The van der Waals surface area contributed by atoms with E-state index in [2.05, 4.69) is 10.3 Å². The Morgan fingerprint density at radius 3 is 2.86 bits per heavy atom. The fraction of sp³-hybridized carbons (Fsp3) is 0.308. The molecule has 9 heteroatoms. The molecule has 1 saturated heterocycles. The van der Waals surface area contributed by atoms with Crippen LogP contribution in [0.25, 0.3) is 10.9 Å². The van der Waals surface area contributed by atoms with E-state index in [0.29, 0.717) is 28.4 Å². The summed E-state index contributed by atoms with van der Waals surface area (Å²) < 4.78 is 7.53. The molecule has 1 aliphatic heterocycles. The van der Waals surface area contributed by atoms with E-state index < -0.39 is 0 Å². The first-order chi connectivity index (χ1) is 17.1. The quantitative estimate of drug-likeness (QED) is 0.273. The first-order valence-electron chi connectivity index (χ1n) is 11.6. The highest BCUT2D eigenvalue weighted by atomic mass is 32.2. The van der Waals surface area contributed by atoms with Gasteiger partial charge in [0.15, 0.2) is 5.16 Å². The molecule has 1 N–H and O–H groups in total. The summed E-state index contributed by atoms with van der Waals surface area (Å²) in [5, 5.41) is 6.96. The zero-order valence-corrected chi connectivity index (χ0v) is 21.0. The van der Waals surface area contributed by atoms with Crippen LogP contribution in [-0.4, -0.2) is 33.2 Å². The number of aromatic nitrogens is 3. The van der Waals surface area contributed by atoms with Crippen LogP contribution in [0.15, 0.2) is 63.9 Å². The fourth-order valence-electron chi connectivity index (χ4n) is 4.09. The van der Waals surface area contributed by atoms with Crippen LogP contribution in [0.5, 0.6) is 0 Å². The summed E-state index contributed by atoms with van der Waals surface area (Å²) in [5.41, 5.74) is 3.35. The lowest BCUT2D eigenvalue weighted by Gasteiger charge is -2.16. The second-order valence-electron chi connectivity index (χ2n) is 8.52. The van der Waals surface area contributed by atoms with Gasteiger partial charge >= 0.3 is 0 Å². The smallest absolute Gasteiger partial charge is 0.262 e. The molecule has 1 atom stereocenters. The largest absolute Gasteiger partial charge is 0.376 e. The Kier molecular flexibility index (Phi) is 7.26. The molecule has 2 aromatic carbocycles. The molecular weight excluding hydrogens is 480 g/mol. The molecule has 1 unspecified atom stereocenters. The van der Waals surface area contributed by atoms with E-state index in [-0.39, 0.29) is 24.0 Å². The first kappa shape index (κ1) is 23.7. The SMILES string of the molecule is Cc1ccccc1NC(=O)Cc1nc(CSc2nc3ccccc3c(=O)n2CC2CCCO2)cs1. The summed E-state index contributed by atoms with van der Waals surface area (Å²) in [7, 11) is 0. The van der Waals surface area contributed by atoms with Crippen LogP contribution in [0.4, 0.5) is 5.69 Å². The van der Waals surface area contributed by atoms with Crippen LogP contribution in [0.3, 0.4) is 0 Å². The molecular formula is C26H26N4O3S2. The molecule has 1 fully saturated rings. The van der Waals surface area contributed by atoms with Crippen molar-refractivity contribution in [1.82, 2.24) is 14.5 Å². The van der Waals surface area contributed by atoms with E-state index >= 15 is 0 Å². The standard InChI is InChI=1S/C26H26N4O3S2/c1-17-7-2-4-10-21(17)28-23(31)13-24-27-18(15-34-24)16-35-26-29-22-11-5-3-9-20(22)25(32)30(26)14-19-8-6-12-33-19/h2-5,7,9-11,15,19H,6,8,12-14,16H2,1H3,(H,28,31). The molecule has 4 aromatic rings. The summed E-state index contributed by atoms with van der Waals surface area (Å²) in [4.78, 5) is 35.2. The van der Waals surface area contributed by atoms with Crippen molar-refractivity contribution in [1.29, 1.82) is 0 Å². The molecule has 3 heterocycles. The molecule has 5 rings (SSSR count). The summed E-state index contributed by atoms with van der Waals surface area (Å²) in [6.45, 7) is 3.20. The zero-order valence-electron chi connectivity index (χ0n) is 19.4. The molecule has 0 bridgehead atoms. The summed E-state index contributed by atoms with van der Waals surface area (Å²) in [6, 6.07) is 15.1. The Hall–Kier alpha value is -3.01. The van der Waals surface area contributed by atoms with Crippen molar-refractivity contribution in [3.63, 3.8) is 0 Å². The summed E-state index contributed by atoms with van der Waals surface area (Å²) in [5.74, 6) is 0.473. The molecule has 7 nitrogen and oxygen atoms in total. The number of carbonyl (C=O) groups excluding carboxylic acids is 1. The number of hydrogen-bond donors (Lipinski definition) is 1. The maximum absolute atomic E-state index is 13.2. The van der Waals surface area contributed by atoms with Crippen molar-refractivity contribution >= 4 is 45.6 Å². The fourth-order valence-corrected chi connectivity index (χ4v) is 5.89. The maximum atomic E-state index is 13.2. The molecule has 35 heavy (non-hydrogen) atoms. The number of fused-ring (bicyclic) bond motifs is 1. The number of rotatable bonds is 8. The molecule has 1 aliphatic rings. The Bertz CT molecular complexity index is 1410. The lowest BCUT2D eigenvalue weighted by Crippen LogP contribution is -2.28. The second kappa shape index (κ2) is 10.7. The minimum absolute atomic E-state index is 0.0349. The number of aryl methyl sites for hydroxylation is 1. The van der Waals surface area contributed by atoms with Gasteiger partial charge in [0.2, 0.25) is 5.91 Å². The number of anilines is 1. The lowest BCUT2D eigenvalue weighted by molar-refractivity contribution is -0.115. The third-order valence-electron chi connectivity index (χ3n) is 5.92. The van der Waals surface area contributed by atoms with Gasteiger partial charge in [0, 0.05) is 23.4 Å². The van der Waals surface area contributed by atoms with Gasteiger partial charge in [0.1, 0.15) is 5.01 Å². The Balaban J connectivity index is 1.29. The number of thiazole rings is 1. The highest BCUT2D eigenvalue weighted by Crippen LogP contribution is 2.25. The van der Waals surface area contributed by atoms with Crippen molar-refractivity contribution in [2.75, 3.05) is 11.9 Å². The monoisotopic (exact) mass is 506 g/mol. The zero-order chi connectivity index (χ0) is 24.2. The molecule has 1 amide bonds. The normalized spacial score (nSPS) is 15.5. The van der Waals surface area contributed by atoms with Crippen LogP contribution in [0.2, 0.25) is 0 Å². The van der Waals surface area contributed by atoms with Gasteiger partial charge in [0.05, 0.1) is 35.7 Å². The predicted molar refractivity (Wildman–Crippen MR) is 140 cm³/mol. The number of hydrogen-bond acceptors (Lipinski definition) is 7. The van der Waals surface area contributed by atoms with Crippen molar-refractivity contribution in [3.8, 4) is 0 Å². The van der Waals surface area contributed by atoms with Gasteiger partial charge in [0.25, 0.3) is 5.56 Å². The van der Waals surface area contributed by atoms with Gasteiger partial charge in [-0.15, -0.1) is 11.3 Å².